The van der Waals surface area contributed by atoms with Gasteiger partial charge in [0.15, 0.2) is 6.61 Å². The van der Waals surface area contributed by atoms with Crippen LogP contribution in [0.2, 0.25) is 0 Å². The van der Waals surface area contributed by atoms with Crippen molar-refractivity contribution in [3.8, 4) is 5.75 Å². The average molecular weight is 299 g/mol. The van der Waals surface area contributed by atoms with E-state index in [2.05, 4.69) is 10.1 Å². The molecular formula is C11H14ClF3N2O2. The first-order valence-corrected chi connectivity index (χ1v) is 5.16. The number of amides is 1. The lowest BCUT2D eigenvalue weighted by molar-refractivity contribution is -0.153. The molecule has 0 atom stereocenters. The Hall–Kier alpha value is -1.47. The number of rotatable bonds is 5. The summed E-state index contributed by atoms with van der Waals surface area (Å²) in [5.41, 5.74) is 5.74. The van der Waals surface area contributed by atoms with E-state index in [1.807, 2.05) is 0 Å². The van der Waals surface area contributed by atoms with E-state index in [0.29, 0.717) is 5.56 Å². The van der Waals surface area contributed by atoms with Gasteiger partial charge in [0.05, 0.1) is 6.54 Å². The molecule has 0 aliphatic rings. The molecule has 1 amide bonds. The molecule has 0 unspecified atom stereocenters. The summed E-state index contributed by atoms with van der Waals surface area (Å²) in [4.78, 5) is 10.9. The van der Waals surface area contributed by atoms with Gasteiger partial charge in [-0.2, -0.15) is 13.2 Å². The van der Waals surface area contributed by atoms with Gasteiger partial charge in [-0.3, -0.25) is 4.79 Å². The van der Waals surface area contributed by atoms with Crippen LogP contribution >= 0.6 is 12.4 Å². The highest BCUT2D eigenvalue weighted by Crippen LogP contribution is 2.19. The van der Waals surface area contributed by atoms with Crippen molar-refractivity contribution >= 4 is 18.3 Å². The number of carbonyl (C=O) groups excluding carboxylic acids is 1. The molecule has 0 bridgehead atoms. The third-order valence-corrected chi connectivity index (χ3v) is 1.98. The normalized spacial score (nSPS) is 10.5. The summed E-state index contributed by atoms with van der Waals surface area (Å²) in [5.74, 6) is -0.233. The Morgan fingerprint density at radius 3 is 2.63 bits per heavy atom. The largest absolute Gasteiger partial charge is 0.484 e. The monoisotopic (exact) mass is 298 g/mol. The summed E-state index contributed by atoms with van der Waals surface area (Å²) >= 11 is 0. The van der Waals surface area contributed by atoms with Crippen molar-refractivity contribution in [2.45, 2.75) is 12.7 Å². The van der Waals surface area contributed by atoms with E-state index in [1.165, 1.54) is 12.1 Å². The molecule has 3 N–H and O–H groups in total. The van der Waals surface area contributed by atoms with E-state index in [9.17, 15) is 18.0 Å². The molecule has 1 rings (SSSR count). The smallest absolute Gasteiger partial charge is 0.422 e. The Bertz CT molecular complexity index is 413. The maximum absolute atomic E-state index is 11.9. The van der Waals surface area contributed by atoms with E-state index in [4.69, 9.17) is 5.73 Å². The number of hydrogen-bond donors (Lipinski definition) is 2. The van der Waals surface area contributed by atoms with Gasteiger partial charge in [0.2, 0.25) is 5.91 Å². The molecular weight excluding hydrogens is 285 g/mol. The molecule has 108 valence electrons. The molecule has 0 radical (unpaired) electrons. The van der Waals surface area contributed by atoms with Crippen LogP contribution in [0, 0.1) is 0 Å². The van der Waals surface area contributed by atoms with Crippen molar-refractivity contribution < 1.29 is 22.7 Å². The van der Waals surface area contributed by atoms with E-state index < -0.39 is 12.8 Å². The van der Waals surface area contributed by atoms with Gasteiger partial charge >= 0.3 is 6.18 Å². The van der Waals surface area contributed by atoms with Crippen molar-refractivity contribution in [2.24, 2.45) is 5.73 Å². The van der Waals surface area contributed by atoms with Crippen LogP contribution in [0.5, 0.6) is 5.75 Å². The van der Waals surface area contributed by atoms with E-state index in [-0.39, 0.29) is 37.2 Å². The Morgan fingerprint density at radius 2 is 2.05 bits per heavy atom. The van der Waals surface area contributed by atoms with Crippen molar-refractivity contribution in [1.82, 2.24) is 5.32 Å². The van der Waals surface area contributed by atoms with Crippen LogP contribution in [0.3, 0.4) is 0 Å². The van der Waals surface area contributed by atoms with Gasteiger partial charge in [0.1, 0.15) is 5.75 Å². The average Bonchev–Trinajstić information content (AvgIpc) is 2.33. The van der Waals surface area contributed by atoms with E-state index >= 15 is 0 Å². The molecule has 0 aliphatic carbocycles. The Morgan fingerprint density at radius 1 is 1.37 bits per heavy atom. The molecule has 8 heteroatoms. The van der Waals surface area contributed by atoms with Crippen LogP contribution < -0.4 is 15.8 Å². The quantitative estimate of drug-likeness (QED) is 0.868. The fourth-order valence-electron chi connectivity index (χ4n) is 1.18. The van der Waals surface area contributed by atoms with Crippen molar-refractivity contribution in [3.05, 3.63) is 29.8 Å². The lowest BCUT2D eigenvalue weighted by Crippen LogP contribution is -2.29. The first-order valence-electron chi connectivity index (χ1n) is 5.16. The molecule has 0 saturated carbocycles. The molecule has 19 heavy (non-hydrogen) atoms. The summed E-state index contributed by atoms with van der Waals surface area (Å²) in [6.45, 7) is -1.28. The first-order chi connectivity index (χ1) is 8.40. The number of nitrogens with one attached hydrogen (secondary N) is 1. The van der Waals surface area contributed by atoms with E-state index in [1.54, 1.807) is 12.1 Å². The second-order valence-electron chi connectivity index (χ2n) is 3.53. The van der Waals surface area contributed by atoms with Gasteiger partial charge in [-0.05, 0) is 17.7 Å². The number of benzene rings is 1. The van der Waals surface area contributed by atoms with Crippen LogP contribution in [-0.4, -0.2) is 25.2 Å². The number of carbonyl (C=O) groups is 1. The number of nitrogens with two attached hydrogens (primary N) is 1. The van der Waals surface area contributed by atoms with Crippen LogP contribution in [0.4, 0.5) is 13.2 Å². The fourth-order valence-corrected chi connectivity index (χ4v) is 1.18. The van der Waals surface area contributed by atoms with Gasteiger partial charge in [0, 0.05) is 6.54 Å². The van der Waals surface area contributed by atoms with Gasteiger partial charge in [-0.15, -0.1) is 12.4 Å². The van der Waals surface area contributed by atoms with Crippen LogP contribution in [-0.2, 0) is 11.3 Å². The molecule has 4 nitrogen and oxygen atoms in total. The minimum Gasteiger partial charge on any atom is -0.484 e. The molecule has 1 aromatic carbocycles. The summed E-state index contributed by atoms with van der Waals surface area (Å²) in [6, 6.07) is 6.06. The number of alkyl halides is 3. The third kappa shape index (κ3) is 7.53. The molecule has 0 saturated heterocycles. The first kappa shape index (κ1) is 17.5. The van der Waals surface area contributed by atoms with Gasteiger partial charge in [-0.1, -0.05) is 12.1 Å². The number of ether oxygens (including phenoxy) is 1. The zero-order chi connectivity index (χ0) is 13.6. The van der Waals surface area contributed by atoms with Crippen LogP contribution in [0.1, 0.15) is 5.56 Å². The predicted molar refractivity (Wildman–Crippen MR) is 66.1 cm³/mol. The topological polar surface area (TPSA) is 64.4 Å². The van der Waals surface area contributed by atoms with Gasteiger partial charge in [0.25, 0.3) is 0 Å². The second-order valence-corrected chi connectivity index (χ2v) is 3.53. The zero-order valence-electron chi connectivity index (χ0n) is 9.87. The maximum Gasteiger partial charge on any atom is 0.422 e. The summed E-state index contributed by atoms with van der Waals surface area (Å²) < 4.78 is 40.4. The molecule has 0 heterocycles. The third-order valence-electron chi connectivity index (χ3n) is 1.98. The molecule has 0 fully saturated rings. The highest BCUT2D eigenvalue weighted by atomic mass is 35.5. The lowest BCUT2D eigenvalue weighted by atomic mass is 10.2. The van der Waals surface area contributed by atoms with Crippen molar-refractivity contribution in [2.75, 3.05) is 13.2 Å². The summed E-state index contributed by atoms with van der Waals surface area (Å²) in [6.07, 6.45) is -4.37. The second kappa shape index (κ2) is 7.85. The highest BCUT2D eigenvalue weighted by Gasteiger charge is 2.28. The minimum atomic E-state index is -4.37. The van der Waals surface area contributed by atoms with Gasteiger partial charge < -0.3 is 15.8 Å². The summed E-state index contributed by atoms with van der Waals surface area (Å²) in [5, 5.41) is 2.51. The molecule has 0 aliphatic heterocycles. The fraction of sp³-hybridized carbons (Fsp3) is 0.364. The standard InChI is InChI=1S/C11H13F3N2O2.ClH/c12-11(13,14)7-18-9-3-1-2-8(4-9)6-16-10(17)5-15;/h1-4H,5-7,15H2,(H,16,17);1H. The SMILES string of the molecule is Cl.NCC(=O)NCc1cccc(OCC(F)(F)F)c1. The minimum absolute atomic E-state index is 0. The molecule has 0 spiro atoms. The zero-order valence-corrected chi connectivity index (χ0v) is 10.7. The van der Waals surface area contributed by atoms with Crippen molar-refractivity contribution in [3.63, 3.8) is 0 Å². The molecule has 0 aromatic heterocycles. The van der Waals surface area contributed by atoms with Gasteiger partial charge in [-0.25, -0.2) is 0 Å². The lowest BCUT2D eigenvalue weighted by Gasteiger charge is -2.10. The van der Waals surface area contributed by atoms with Crippen LogP contribution in [0.25, 0.3) is 0 Å². The van der Waals surface area contributed by atoms with Crippen molar-refractivity contribution in [1.29, 1.82) is 0 Å². The van der Waals surface area contributed by atoms with Crippen LogP contribution in [0.15, 0.2) is 24.3 Å². The van der Waals surface area contributed by atoms with E-state index in [0.717, 1.165) is 0 Å². The Kier molecular flexibility index (Phi) is 7.25. The number of hydrogen-bond acceptors (Lipinski definition) is 3. The maximum atomic E-state index is 11.9. The Balaban J connectivity index is 0.00000324. The summed E-state index contributed by atoms with van der Waals surface area (Å²) in [7, 11) is 0. The highest BCUT2D eigenvalue weighted by molar-refractivity contribution is 5.85. The molecule has 1 aromatic rings. The Labute approximate surface area is 114 Å². The number of halogens is 4. The predicted octanol–water partition coefficient (Wildman–Crippen LogP) is 1.62.